The number of ether oxygens (including phenoxy) is 1. The molecule has 0 saturated carbocycles. The van der Waals surface area contributed by atoms with E-state index in [-0.39, 0.29) is 19.2 Å². The molecule has 6 heteroatoms. The minimum atomic E-state index is -0.988. The zero-order valence-corrected chi connectivity index (χ0v) is 11.3. The van der Waals surface area contributed by atoms with Gasteiger partial charge in [0.15, 0.2) is 11.6 Å². The molecule has 2 rings (SSSR count). The highest BCUT2D eigenvalue weighted by atomic mass is 19.2. The normalized spacial score (nSPS) is 27.8. The summed E-state index contributed by atoms with van der Waals surface area (Å²) in [7, 11) is 0. The van der Waals surface area contributed by atoms with Crippen LogP contribution in [0, 0.1) is 11.6 Å². The van der Waals surface area contributed by atoms with Crippen LogP contribution in [0.4, 0.5) is 8.78 Å². The zero-order valence-electron chi connectivity index (χ0n) is 11.3. The number of rotatable bonds is 5. The van der Waals surface area contributed by atoms with Crippen LogP contribution in [0.2, 0.25) is 0 Å². The second-order valence-corrected chi connectivity index (χ2v) is 5.19. The van der Waals surface area contributed by atoms with Gasteiger partial charge in [-0.15, -0.1) is 0 Å². The fraction of sp³-hybridized carbons (Fsp3) is 0.571. The van der Waals surface area contributed by atoms with Crippen molar-refractivity contribution in [1.82, 2.24) is 5.32 Å². The van der Waals surface area contributed by atoms with Gasteiger partial charge < -0.3 is 20.3 Å². The van der Waals surface area contributed by atoms with Crippen LogP contribution in [-0.4, -0.2) is 41.6 Å². The molecular weight excluding hydrogens is 268 g/mol. The average molecular weight is 287 g/mol. The molecule has 1 saturated heterocycles. The lowest BCUT2D eigenvalue weighted by molar-refractivity contribution is -0.0274. The van der Waals surface area contributed by atoms with Gasteiger partial charge in [-0.3, -0.25) is 0 Å². The monoisotopic (exact) mass is 287 g/mol. The van der Waals surface area contributed by atoms with Gasteiger partial charge in [0.25, 0.3) is 0 Å². The van der Waals surface area contributed by atoms with E-state index in [9.17, 15) is 19.0 Å². The number of hydrogen-bond acceptors (Lipinski definition) is 4. The lowest BCUT2D eigenvalue weighted by Gasteiger charge is -2.27. The third kappa shape index (κ3) is 3.32. The average Bonchev–Trinajstić information content (AvgIpc) is 2.73. The number of aliphatic hydroxyl groups is 2. The third-order valence-electron chi connectivity index (χ3n) is 3.76. The molecule has 0 bridgehead atoms. The van der Waals surface area contributed by atoms with E-state index in [1.807, 2.05) is 0 Å². The highest BCUT2D eigenvalue weighted by Gasteiger charge is 2.39. The first-order valence-electron chi connectivity index (χ1n) is 6.60. The molecule has 0 aromatic heterocycles. The highest BCUT2D eigenvalue weighted by Crippen LogP contribution is 2.25. The van der Waals surface area contributed by atoms with Crippen LogP contribution >= 0.6 is 0 Å². The number of benzene rings is 1. The van der Waals surface area contributed by atoms with E-state index >= 15 is 0 Å². The van der Waals surface area contributed by atoms with E-state index in [4.69, 9.17) is 4.74 Å². The maximum Gasteiger partial charge on any atom is 0.159 e. The SMILES string of the molecule is CC1OCCC1(O)CNCC(O)c1ccc(F)c(F)c1. The summed E-state index contributed by atoms with van der Waals surface area (Å²) in [4.78, 5) is 0. The quantitative estimate of drug-likeness (QED) is 0.760. The van der Waals surface area contributed by atoms with Gasteiger partial charge in [-0.25, -0.2) is 8.78 Å². The molecule has 1 aromatic rings. The predicted octanol–water partition coefficient (Wildman–Crippen LogP) is 1.13. The molecule has 3 unspecified atom stereocenters. The zero-order chi connectivity index (χ0) is 14.8. The van der Waals surface area contributed by atoms with E-state index in [1.54, 1.807) is 6.92 Å². The molecule has 0 aliphatic carbocycles. The second-order valence-electron chi connectivity index (χ2n) is 5.19. The first-order valence-corrected chi connectivity index (χ1v) is 6.60. The van der Waals surface area contributed by atoms with Crippen molar-refractivity contribution < 1.29 is 23.7 Å². The van der Waals surface area contributed by atoms with Crippen LogP contribution in [-0.2, 0) is 4.74 Å². The summed E-state index contributed by atoms with van der Waals surface area (Å²) in [5, 5.41) is 23.1. The summed E-state index contributed by atoms with van der Waals surface area (Å²) in [6, 6.07) is 3.28. The highest BCUT2D eigenvalue weighted by molar-refractivity contribution is 5.20. The Bertz CT molecular complexity index is 472. The van der Waals surface area contributed by atoms with Gasteiger partial charge in [0, 0.05) is 26.1 Å². The molecule has 1 aromatic carbocycles. The van der Waals surface area contributed by atoms with Gasteiger partial charge >= 0.3 is 0 Å². The Balaban J connectivity index is 1.86. The topological polar surface area (TPSA) is 61.7 Å². The molecule has 0 amide bonds. The summed E-state index contributed by atoms with van der Waals surface area (Å²) >= 11 is 0. The Morgan fingerprint density at radius 1 is 1.45 bits per heavy atom. The van der Waals surface area contributed by atoms with Crippen molar-refractivity contribution in [2.75, 3.05) is 19.7 Å². The maximum atomic E-state index is 13.1. The minimum absolute atomic E-state index is 0.139. The Morgan fingerprint density at radius 3 is 2.80 bits per heavy atom. The van der Waals surface area contributed by atoms with Crippen LogP contribution in [0.1, 0.15) is 25.0 Å². The maximum absolute atomic E-state index is 13.1. The summed E-state index contributed by atoms with van der Waals surface area (Å²) in [5.74, 6) is -1.93. The lowest BCUT2D eigenvalue weighted by Crippen LogP contribution is -2.46. The van der Waals surface area contributed by atoms with Crippen molar-refractivity contribution in [3.05, 3.63) is 35.4 Å². The number of hydrogen-bond donors (Lipinski definition) is 3. The molecule has 112 valence electrons. The smallest absolute Gasteiger partial charge is 0.159 e. The van der Waals surface area contributed by atoms with Crippen LogP contribution in [0.3, 0.4) is 0 Å². The molecule has 1 aliphatic heterocycles. The summed E-state index contributed by atoms with van der Waals surface area (Å²) < 4.78 is 31.1. The first-order chi connectivity index (χ1) is 9.42. The first kappa shape index (κ1) is 15.3. The third-order valence-corrected chi connectivity index (χ3v) is 3.76. The van der Waals surface area contributed by atoms with Crippen molar-refractivity contribution in [1.29, 1.82) is 0 Å². The number of nitrogens with one attached hydrogen (secondary N) is 1. The van der Waals surface area contributed by atoms with Gasteiger partial charge in [0.1, 0.15) is 5.60 Å². The van der Waals surface area contributed by atoms with Gasteiger partial charge in [0.05, 0.1) is 12.2 Å². The molecule has 1 fully saturated rings. The molecule has 1 aliphatic rings. The van der Waals surface area contributed by atoms with Crippen LogP contribution < -0.4 is 5.32 Å². The van der Waals surface area contributed by atoms with Crippen molar-refractivity contribution in [3.63, 3.8) is 0 Å². The Morgan fingerprint density at radius 2 is 2.20 bits per heavy atom. The molecule has 0 radical (unpaired) electrons. The van der Waals surface area contributed by atoms with Crippen molar-refractivity contribution in [2.45, 2.75) is 31.2 Å². The van der Waals surface area contributed by atoms with Crippen LogP contribution in [0.5, 0.6) is 0 Å². The molecule has 20 heavy (non-hydrogen) atoms. The van der Waals surface area contributed by atoms with Crippen LogP contribution in [0.25, 0.3) is 0 Å². The van der Waals surface area contributed by atoms with Gasteiger partial charge in [0.2, 0.25) is 0 Å². The van der Waals surface area contributed by atoms with Crippen LogP contribution in [0.15, 0.2) is 18.2 Å². The predicted molar refractivity (Wildman–Crippen MR) is 69.2 cm³/mol. The summed E-state index contributed by atoms with van der Waals surface area (Å²) in [6.45, 7) is 2.71. The van der Waals surface area contributed by atoms with Gasteiger partial charge in [-0.05, 0) is 24.6 Å². The van der Waals surface area contributed by atoms with E-state index in [0.29, 0.717) is 18.6 Å². The van der Waals surface area contributed by atoms with E-state index in [1.165, 1.54) is 6.07 Å². The summed E-state index contributed by atoms with van der Waals surface area (Å²) in [6.07, 6.45) is -0.704. The fourth-order valence-electron chi connectivity index (χ4n) is 2.27. The van der Waals surface area contributed by atoms with E-state index < -0.39 is 23.3 Å². The Kier molecular flexibility index (Phi) is 4.70. The fourth-order valence-corrected chi connectivity index (χ4v) is 2.27. The molecule has 3 atom stereocenters. The molecule has 0 spiro atoms. The van der Waals surface area contributed by atoms with Crippen molar-refractivity contribution >= 4 is 0 Å². The number of aliphatic hydroxyl groups excluding tert-OH is 1. The minimum Gasteiger partial charge on any atom is -0.387 e. The number of halogens is 2. The molecule has 4 nitrogen and oxygen atoms in total. The Hall–Kier alpha value is -1.08. The molecule has 3 N–H and O–H groups in total. The van der Waals surface area contributed by atoms with Gasteiger partial charge in [-0.2, -0.15) is 0 Å². The van der Waals surface area contributed by atoms with E-state index in [2.05, 4.69) is 5.32 Å². The van der Waals surface area contributed by atoms with Gasteiger partial charge in [-0.1, -0.05) is 6.07 Å². The van der Waals surface area contributed by atoms with Crippen molar-refractivity contribution in [2.24, 2.45) is 0 Å². The standard InChI is InChI=1S/C14H19F2NO3/c1-9-14(19,4-5-20-9)8-17-7-13(18)10-2-3-11(15)12(16)6-10/h2-3,6,9,13,17-19H,4-5,7-8H2,1H3. The van der Waals surface area contributed by atoms with Crippen molar-refractivity contribution in [3.8, 4) is 0 Å². The second kappa shape index (κ2) is 6.13. The largest absolute Gasteiger partial charge is 0.387 e. The molecular formula is C14H19F2NO3. The lowest BCUT2D eigenvalue weighted by atomic mass is 9.96. The van der Waals surface area contributed by atoms with E-state index in [0.717, 1.165) is 12.1 Å². The molecule has 1 heterocycles. The summed E-state index contributed by atoms with van der Waals surface area (Å²) in [5.41, 5.74) is -0.660. The Labute approximate surface area is 116 Å².